The van der Waals surface area contributed by atoms with Gasteiger partial charge in [-0.3, -0.25) is 9.59 Å². The van der Waals surface area contributed by atoms with E-state index in [1.54, 1.807) is 11.9 Å². The molecule has 3 rings (SSSR count). The predicted molar refractivity (Wildman–Crippen MR) is 87.9 cm³/mol. The van der Waals surface area contributed by atoms with Gasteiger partial charge in [0.15, 0.2) is 0 Å². The highest BCUT2D eigenvalue weighted by Crippen LogP contribution is 2.26. The van der Waals surface area contributed by atoms with Gasteiger partial charge in [0.2, 0.25) is 0 Å². The van der Waals surface area contributed by atoms with Crippen LogP contribution in [0.25, 0.3) is 0 Å². The van der Waals surface area contributed by atoms with Crippen molar-refractivity contribution in [1.82, 2.24) is 14.2 Å². The maximum atomic E-state index is 12.7. The highest BCUT2D eigenvalue weighted by molar-refractivity contribution is 7.10. The van der Waals surface area contributed by atoms with Crippen LogP contribution in [0, 0.1) is 6.92 Å². The molecule has 1 N–H and O–H groups in total. The lowest BCUT2D eigenvalue weighted by atomic mass is 10.1. The number of nitrogens with zero attached hydrogens (tertiary/aromatic N) is 3. The summed E-state index contributed by atoms with van der Waals surface area (Å²) >= 11 is 1.30. The van der Waals surface area contributed by atoms with Crippen LogP contribution >= 0.6 is 11.5 Å². The van der Waals surface area contributed by atoms with E-state index in [-0.39, 0.29) is 17.9 Å². The Morgan fingerprint density at radius 3 is 2.57 bits per heavy atom. The number of hydrogen-bond acceptors (Lipinski definition) is 6. The van der Waals surface area contributed by atoms with Crippen molar-refractivity contribution in [2.24, 2.45) is 0 Å². The van der Waals surface area contributed by atoms with Crippen LogP contribution in [0.4, 0.5) is 5.00 Å². The number of aromatic nitrogens is 1. The first kappa shape index (κ1) is 16.2. The third-order valence-corrected chi connectivity index (χ3v) is 5.34. The zero-order chi connectivity index (χ0) is 16.4. The standard InChI is InChI=1S/C15H22N4O3S/c1-10-12(13(16-2)23-17-10)15(21)19-7-5-18(6-8-19)14(20)11-4-3-9-22-11/h11,16H,3-9H2,1-2H3/t11-/m1/s1. The maximum Gasteiger partial charge on any atom is 0.258 e. The van der Waals surface area contributed by atoms with Gasteiger partial charge in [-0.1, -0.05) is 0 Å². The largest absolute Gasteiger partial charge is 0.378 e. The third kappa shape index (κ3) is 3.18. The van der Waals surface area contributed by atoms with Crippen molar-refractivity contribution in [2.75, 3.05) is 45.2 Å². The van der Waals surface area contributed by atoms with Crippen LogP contribution in [0.3, 0.4) is 0 Å². The van der Waals surface area contributed by atoms with Crippen molar-refractivity contribution in [1.29, 1.82) is 0 Å². The average Bonchev–Trinajstić information content (AvgIpc) is 3.23. The molecule has 2 aliphatic heterocycles. The molecule has 0 aromatic carbocycles. The van der Waals surface area contributed by atoms with Crippen molar-refractivity contribution < 1.29 is 14.3 Å². The van der Waals surface area contributed by atoms with E-state index in [4.69, 9.17) is 4.74 Å². The van der Waals surface area contributed by atoms with Gasteiger partial charge >= 0.3 is 0 Å². The number of aryl methyl sites for hydroxylation is 1. The molecule has 2 fully saturated rings. The Bertz CT molecular complexity index is 590. The van der Waals surface area contributed by atoms with Gasteiger partial charge in [0.25, 0.3) is 11.8 Å². The molecule has 1 atom stereocenters. The van der Waals surface area contributed by atoms with E-state index in [1.165, 1.54) is 11.5 Å². The first-order valence-electron chi connectivity index (χ1n) is 7.95. The van der Waals surface area contributed by atoms with Gasteiger partial charge in [0, 0.05) is 39.8 Å². The number of rotatable bonds is 3. The highest BCUT2D eigenvalue weighted by atomic mass is 32.1. The van der Waals surface area contributed by atoms with Crippen LogP contribution in [-0.4, -0.2) is 71.9 Å². The quantitative estimate of drug-likeness (QED) is 0.888. The van der Waals surface area contributed by atoms with Gasteiger partial charge in [0.05, 0.1) is 11.3 Å². The molecule has 7 nitrogen and oxygen atoms in total. The smallest absolute Gasteiger partial charge is 0.258 e. The fraction of sp³-hybridized carbons (Fsp3) is 0.667. The first-order chi connectivity index (χ1) is 11.1. The lowest BCUT2D eigenvalue weighted by molar-refractivity contribution is -0.142. The van der Waals surface area contributed by atoms with E-state index < -0.39 is 0 Å². The second-order valence-corrected chi connectivity index (χ2v) is 6.61. The zero-order valence-electron chi connectivity index (χ0n) is 13.5. The minimum Gasteiger partial charge on any atom is -0.378 e. The van der Waals surface area contributed by atoms with Gasteiger partial charge in [-0.15, -0.1) is 0 Å². The summed E-state index contributed by atoms with van der Waals surface area (Å²) in [4.78, 5) is 28.7. The van der Waals surface area contributed by atoms with Gasteiger partial charge < -0.3 is 19.9 Å². The van der Waals surface area contributed by atoms with Crippen molar-refractivity contribution in [2.45, 2.75) is 25.9 Å². The van der Waals surface area contributed by atoms with E-state index in [9.17, 15) is 9.59 Å². The lowest BCUT2D eigenvalue weighted by Crippen LogP contribution is -2.52. The van der Waals surface area contributed by atoms with E-state index in [1.807, 2.05) is 11.8 Å². The lowest BCUT2D eigenvalue weighted by Gasteiger charge is -2.35. The average molecular weight is 338 g/mol. The Balaban J connectivity index is 1.61. The summed E-state index contributed by atoms with van der Waals surface area (Å²) in [6, 6.07) is 0. The summed E-state index contributed by atoms with van der Waals surface area (Å²) in [5.74, 6) is 0.0590. The second-order valence-electron chi connectivity index (χ2n) is 5.84. The van der Waals surface area contributed by atoms with Crippen molar-refractivity contribution >= 4 is 28.3 Å². The molecule has 23 heavy (non-hydrogen) atoms. The summed E-state index contributed by atoms with van der Waals surface area (Å²) in [5.41, 5.74) is 1.40. The second kappa shape index (κ2) is 6.84. The molecule has 0 unspecified atom stereocenters. The Kier molecular flexibility index (Phi) is 4.82. The number of amides is 2. The fourth-order valence-corrected chi connectivity index (χ4v) is 3.79. The number of carbonyl (C=O) groups is 2. The minimum absolute atomic E-state index is 0.00943. The number of carbonyl (C=O) groups excluding carboxylic acids is 2. The monoisotopic (exact) mass is 338 g/mol. The molecule has 3 heterocycles. The summed E-state index contributed by atoms with van der Waals surface area (Å²) in [6.45, 7) is 4.76. The molecule has 8 heteroatoms. The highest BCUT2D eigenvalue weighted by Gasteiger charge is 2.32. The molecular formula is C15H22N4O3S. The molecule has 0 bridgehead atoms. The normalized spacial score (nSPS) is 21.6. The van der Waals surface area contributed by atoms with Crippen molar-refractivity contribution in [3.8, 4) is 0 Å². The van der Waals surface area contributed by atoms with Crippen LogP contribution in [0.5, 0.6) is 0 Å². The van der Waals surface area contributed by atoms with Crippen LogP contribution in [-0.2, 0) is 9.53 Å². The summed E-state index contributed by atoms with van der Waals surface area (Å²) < 4.78 is 9.71. The van der Waals surface area contributed by atoms with Crippen molar-refractivity contribution in [3.63, 3.8) is 0 Å². The maximum absolute atomic E-state index is 12.7. The molecular weight excluding hydrogens is 316 g/mol. The Labute approximate surface area is 139 Å². The number of piperazine rings is 1. The molecule has 0 saturated carbocycles. The predicted octanol–water partition coefficient (Wildman–Crippen LogP) is 0.957. The molecule has 2 amide bonds. The summed E-state index contributed by atoms with van der Waals surface area (Å²) in [7, 11) is 1.79. The molecule has 1 aromatic rings. The number of anilines is 1. The summed E-state index contributed by atoms with van der Waals surface area (Å²) in [6.07, 6.45) is 1.48. The van der Waals surface area contributed by atoms with Gasteiger partial charge in [0.1, 0.15) is 11.1 Å². The van der Waals surface area contributed by atoms with Crippen molar-refractivity contribution in [3.05, 3.63) is 11.3 Å². The van der Waals surface area contributed by atoms with Crippen LogP contribution < -0.4 is 5.32 Å². The number of ether oxygens (including phenoxy) is 1. The van der Waals surface area contributed by atoms with Gasteiger partial charge in [-0.2, -0.15) is 4.37 Å². The summed E-state index contributed by atoms with van der Waals surface area (Å²) in [5, 5.41) is 3.82. The van der Waals surface area contributed by atoms with Crippen LogP contribution in [0.1, 0.15) is 28.9 Å². The number of hydrogen-bond donors (Lipinski definition) is 1. The molecule has 2 aliphatic rings. The van der Waals surface area contributed by atoms with E-state index in [2.05, 4.69) is 9.69 Å². The molecule has 0 radical (unpaired) electrons. The number of nitrogens with one attached hydrogen (secondary N) is 1. The van der Waals surface area contributed by atoms with Gasteiger partial charge in [-0.05, 0) is 31.3 Å². The van der Waals surface area contributed by atoms with E-state index >= 15 is 0 Å². The molecule has 0 aliphatic carbocycles. The minimum atomic E-state index is -0.281. The zero-order valence-corrected chi connectivity index (χ0v) is 14.3. The van der Waals surface area contributed by atoms with Crippen LogP contribution in [0.2, 0.25) is 0 Å². The SMILES string of the molecule is CNc1snc(C)c1C(=O)N1CCN(C(=O)[C@H]2CCCO2)CC1. The van der Waals surface area contributed by atoms with Crippen LogP contribution in [0.15, 0.2) is 0 Å². The van der Waals surface area contributed by atoms with Gasteiger partial charge in [-0.25, -0.2) is 0 Å². The van der Waals surface area contributed by atoms with E-state index in [0.717, 1.165) is 23.5 Å². The third-order valence-electron chi connectivity index (χ3n) is 4.39. The molecule has 126 valence electrons. The molecule has 0 spiro atoms. The molecule has 2 saturated heterocycles. The van der Waals surface area contributed by atoms with E-state index in [0.29, 0.717) is 38.3 Å². The Hall–Kier alpha value is -1.67. The topological polar surface area (TPSA) is 74.8 Å². The Morgan fingerprint density at radius 1 is 1.26 bits per heavy atom. The first-order valence-corrected chi connectivity index (χ1v) is 8.73. The fourth-order valence-electron chi connectivity index (χ4n) is 3.06. The Morgan fingerprint density at radius 2 is 1.96 bits per heavy atom. The molecule has 1 aromatic heterocycles.